The van der Waals surface area contributed by atoms with Crippen molar-refractivity contribution in [2.45, 2.75) is 13.5 Å². The van der Waals surface area contributed by atoms with Crippen molar-refractivity contribution in [3.63, 3.8) is 0 Å². The molecule has 0 fully saturated rings. The molecule has 2 aromatic rings. The molecular weight excluding hydrogens is 210 g/mol. The number of nitrogens with one attached hydrogen (secondary N) is 1. The summed E-state index contributed by atoms with van der Waals surface area (Å²) in [5.74, 6) is 0.651. The third-order valence-corrected chi connectivity index (χ3v) is 2.78. The van der Waals surface area contributed by atoms with Gasteiger partial charge in [-0.2, -0.15) is 0 Å². The van der Waals surface area contributed by atoms with Crippen molar-refractivity contribution in [1.82, 2.24) is 15.0 Å². The van der Waals surface area contributed by atoms with Crippen LogP contribution >= 0.6 is 11.3 Å². The molecule has 15 heavy (non-hydrogen) atoms. The minimum atomic E-state index is 0.547. The molecule has 0 unspecified atom stereocenters. The van der Waals surface area contributed by atoms with Crippen LogP contribution in [-0.4, -0.2) is 15.0 Å². The molecule has 0 spiro atoms. The van der Waals surface area contributed by atoms with Crippen molar-refractivity contribution in [2.75, 3.05) is 11.1 Å². The molecule has 0 aliphatic heterocycles. The Morgan fingerprint density at radius 1 is 1.53 bits per heavy atom. The number of anilines is 2. The lowest BCUT2D eigenvalue weighted by Gasteiger charge is -2.04. The van der Waals surface area contributed by atoms with Gasteiger partial charge < -0.3 is 11.1 Å². The summed E-state index contributed by atoms with van der Waals surface area (Å²) >= 11 is 1.62. The maximum absolute atomic E-state index is 5.69. The molecule has 2 heterocycles. The number of nitrogens with two attached hydrogens (primary N) is 1. The molecule has 0 aromatic carbocycles. The molecule has 0 saturated heterocycles. The largest absolute Gasteiger partial charge is 0.394 e. The van der Waals surface area contributed by atoms with Crippen molar-refractivity contribution in [3.8, 4) is 0 Å². The maximum atomic E-state index is 5.69. The Morgan fingerprint density at radius 3 is 3.07 bits per heavy atom. The molecule has 2 rings (SSSR count). The number of rotatable bonds is 3. The maximum Gasteiger partial charge on any atom is 0.152 e. The van der Waals surface area contributed by atoms with Crippen LogP contribution in [0.15, 0.2) is 17.9 Å². The van der Waals surface area contributed by atoms with Gasteiger partial charge in [0.15, 0.2) is 5.82 Å². The summed E-state index contributed by atoms with van der Waals surface area (Å²) < 4.78 is 0. The Labute approximate surface area is 91.4 Å². The van der Waals surface area contributed by atoms with Gasteiger partial charge in [0.25, 0.3) is 0 Å². The summed E-state index contributed by atoms with van der Waals surface area (Å²) in [6, 6.07) is 0. The first-order valence-corrected chi connectivity index (χ1v) is 5.34. The van der Waals surface area contributed by atoms with Crippen molar-refractivity contribution >= 4 is 22.8 Å². The summed E-state index contributed by atoms with van der Waals surface area (Å²) in [5.41, 5.74) is 7.27. The van der Waals surface area contributed by atoms with Crippen LogP contribution in [0.2, 0.25) is 0 Å². The van der Waals surface area contributed by atoms with E-state index in [1.807, 2.05) is 12.3 Å². The van der Waals surface area contributed by atoms with Gasteiger partial charge in [0.05, 0.1) is 18.4 Å². The average Bonchev–Trinajstić information content (AvgIpc) is 2.63. The highest BCUT2D eigenvalue weighted by Gasteiger charge is 2.01. The Hall–Kier alpha value is -1.69. The normalized spacial score (nSPS) is 10.2. The zero-order valence-electron chi connectivity index (χ0n) is 8.27. The lowest BCUT2D eigenvalue weighted by atomic mass is 10.5. The summed E-state index contributed by atoms with van der Waals surface area (Å²) in [7, 11) is 0. The fourth-order valence-electron chi connectivity index (χ4n) is 1.13. The second kappa shape index (κ2) is 4.22. The highest BCUT2D eigenvalue weighted by molar-refractivity contribution is 7.09. The monoisotopic (exact) mass is 221 g/mol. The lowest BCUT2D eigenvalue weighted by Crippen LogP contribution is -2.04. The van der Waals surface area contributed by atoms with Gasteiger partial charge in [0.1, 0.15) is 11.3 Å². The highest BCUT2D eigenvalue weighted by Crippen LogP contribution is 2.14. The van der Waals surface area contributed by atoms with E-state index < -0.39 is 0 Å². The fraction of sp³-hybridized carbons (Fsp3) is 0.222. The molecule has 0 amide bonds. The van der Waals surface area contributed by atoms with E-state index in [2.05, 4.69) is 20.3 Å². The van der Waals surface area contributed by atoms with Gasteiger partial charge in [-0.25, -0.2) is 15.0 Å². The zero-order valence-corrected chi connectivity index (χ0v) is 9.08. The van der Waals surface area contributed by atoms with Gasteiger partial charge in [-0.1, -0.05) is 0 Å². The van der Waals surface area contributed by atoms with Gasteiger partial charge in [0, 0.05) is 11.1 Å². The number of aromatic nitrogens is 3. The number of hydrogen-bond acceptors (Lipinski definition) is 6. The highest BCUT2D eigenvalue weighted by atomic mass is 32.1. The first-order chi connectivity index (χ1) is 7.25. The van der Waals surface area contributed by atoms with Crippen LogP contribution in [0.3, 0.4) is 0 Å². The molecule has 2 aromatic heterocycles. The van der Waals surface area contributed by atoms with Crippen molar-refractivity contribution in [2.24, 2.45) is 0 Å². The minimum Gasteiger partial charge on any atom is -0.394 e. The van der Waals surface area contributed by atoms with Crippen LogP contribution < -0.4 is 11.1 Å². The van der Waals surface area contributed by atoms with Gasteiger partial charge in [-0.05, 0) is 6.92 Å². The number of nitrogens with zero attached hydrogens (tertiary/aromatic N) is 3. The van der Waals surface area contributed by atoms with Crippen LogP contribution in [0.25, 0.3) is 0 Å². The van der Waals surface area contributed by atoms with E-state index in [0.717, 1.165) is 10.7 Å². The summed E-state index contributed by atoms with van der Waals surface area (Å²) in [6.45, 7) is 2.61. The third-order valence-electron chi connectivity index (χ3n) is 1.81. The molecule has 0 saturated carbocycles. The predicted molar refractivity (Wildman–Crippen MR) is 60.6 cm³/mol. The van der Waals surface area contributed by atoms with E-state index in [-0.39, 0.29) is 0 Å². The third kappa shape index (κ3) is 2.41. The van der Waals surface area contributed by atoms with E-state index >= 15 is 0 Å². The Kier molecular flexibility index (Phi) is 2.77. The van der Waals surface area contributed by atoms with Crippen LogP contribution in [0.5, 0.6) is 0 Å². The molecular formula is C9H11N5S. The first kappa shape index (κ1) is 9.85. The number of aryl methyl sites for hydroxylation is 1. The minimum absolute atomic E-state index is 0.547. The van der Waals surface area contributed by atoms with E-state index in [1.54, 1.807) is 17.5 Å². The molecule has 0 atom stereocenters. The van der Waals surface area contributed by atoms with Gasteiger partial charge in [0.2, 0.25) is 0 Å². The molecule has 0 aliphatic carbocycles. The van der Waals surface area contributed by atoms with Crippen LogP contribution in [0.4, 0.5) is 11.5 Å². The van der Waals surface area contributed by atoms with Crippen molar-refractivity contribution in [1.29, 1.82) is 0 Å². The fourth-order valence-corrected chi connectivity index (χ4v) is 1.84. The second-order valence-corrected chi connectivity index (χ2v) is 4.01. The Bertz CT molecular complexity index is 453. The Morgan fingerprint density at radius 2 is 2.40 bits per heavy atom. The average molecular weight is 221 g/mol. The molecule has 0 radical (unpaired) electrons. The second-order valence-electron chi connectivity index (χ2n) is 3.06. The van der Waals surface area contributed by atoms with E-state index in [0.29, 0.717) is 18.1 Å². The SMILES string of the molecule is Cc1csc(CNc2ncncc2N)n1. The van der Waals surface area contributed by atoms with E-state index in [9.17, 15) is 0 Å². The van der Waals surface area contributed by atoms with Crippen molar-refractivity contribution in [3.05, 3.63) is 28.6 Å². The molecule has 78 valence electrons. The van der Waals surface area contributed by atoms with E-state index in [4.69, 9.17) is 5.73 Å². The molecule has 5 nitrogen and oxygen atoms in total. The standard InChI is InChI=1S/C9H11N5S/c1-6-4-15-8(14-6)3-12-9-7(10)2-11-5-13-9/h2,4-5H,3,10H2,1H3,(H,11,12,13). The molecule has 0 bridgehead atoms. The lowest BCUT2D eigenvalue weighted by molar-refractivity contribution is 1.05. The summed E-state index contributed by atoms with van der Waals surface area (Å²) in [5, 5.41) is 6.15. The van der Waals surface area contributed by atoms with Crippen LogP contribution in [-0.2, 0) is 6.54 Å². The molecule has 6 heteroatoms. The smallest absolute Gasteiger partial charge is 0.152 e. The number of hydrogen-bond donors (Lipinski definition) is 2. The van der Waals surface area contributed by atoms with Gasteiger partial charge >= 0.3 is 0 Å². The summed E-state index contributed by atoms with van der Waals surface area (Å²) in [6.07, 6.45) is 3.04. The summed E-state index contributed by atoms with van der Waals surface area (Å²) in [4.78, 5) is 12.2. The van der Waals surface area contributed by atoms with Gasteiger partial charge in [-0.15, -0.1) is 11.3 Å². The Balaban J connectivity index is 2.02. The molecule has 3 N–H and O–H groups in total. The van der Waals surface area contributed by atoms with Gasteiger partial charge in [-0.3, -0.25) is 0 Å². The molecule has 0 aliphatic rings. The van der Waals surface area contributed by atoms with Crippen LogP contribution in [0, 0.1) is 6.92 Å². The first-order valence-electron chi connectivity index (χ1n) is 4.46. The number of nitrogen functional groups attached to an aromatic ring is 1. The van der Waals surface area contributed by atoms with Crippen molar-refractivity contribution < 1.29 is 0 Å². The topological polar surface area (TPSA) is 76.7 Å². The quantitative estimate of drug-likeness (QED) is 0.820. The number of thiazole rings is 1. The van der Waals surface area contributed by atoms with E-state index in [1.165, 1.54) is 6.33 Å². The predicted octanol–water partition coefficient (Wildman–Crippen LogP) is 1.44. The zero-order chi connectivity index (χ0) is 10.7. The van der Waals surface area contributed by atoms with Crippen LogP contribution in [0.1, 0.15) is 10.7 Å².